The van der Waals surface area contributed by atoms with Gasteiger partial charge in [0.25, 0.3) is 0 Å². The first-order valence-electron chi connectivity index (χ1n) is 34.5. The molecule has 3 amide bonds. The topological polar surface area (TPSA) is 481 Å². The average molecular weight is 1580 g/mol. The van der Waals surface area contributed by atoms with E-state index in [1.54, 1.807) is 39.8 Å². The van der Waals surface area contributed by atoms with Crippen LogP contribution < -0.4 is 45.3 Å². The van der Waals surface area contributed by atoms with Crippen molar-refractivity contribution in [2.45, 2.75) is 82.3 Å². The van der Waals surface area contributed by atoms with Crippen LogP contribution in [-0.2, 0) is 69.5 Å². The number of hydrogen-bond acceptors (Lipinski definition) is 29. The Bertz CT molecular complexity index is 3890. The number of hydrogen-bond donors (Lipinski definition) is 6. The lowest BCUT2D eigenvalue weighted by molar-refractivity contribution is -0.143. The number of urea groups is 1. The Morgan fingerprint density at radius 2 is 0.896 bits per heavy atom. The van der Waals surface area contributed by atoms with Crippen LogP contribution in [-0.4, -0.2) is 342 Å². The van der Waals surface area contributed by atoms with E-state index in [2.05, 4.69) is 25.2 Å². The van der Waals surface area contributed by atoms with Crippen LogP contribution in [0.1, 0.15) is 39.5 Å². The van der Waals surface area contributed by atoms with Gasteiger partial charge in [0.15, 0.2) is 24.9 Å². The lowest BCUT2D eigenvalue weighted by Crippen LogP contribution is -2.60. The fourth-order valence-corrected chi connectivity index (χ4v) is 20.3. The Labute approximate surface area is 614 Å². The second-order valence-corrected chi connectivity index (χ2v) is 37.3. The number of rotatable bonds is 33. The van der Waals surface area contributed by atoms with E-state index in [0.29, 0.717) is 18.7 Å². The predicted octanol–water partition coefficient (Wildman–Crippen LogP) is -0.724. The van der Waals surface area contributed by atoms with Gasteiger partial charge >= 0.3 is 59.9 Å². The maximum atomic E-state index is 16.1. The third-order valence-corrected chi connectivity index (χ3v) is 28.4. The number of anilines is 3. The minimum absolute atomic E-state index is 0.00429. The van der Waals surface area contributed by atoms with Gasteiger partial charge in [-0.15, -0.1) is 0 Å². The standard InChI is InChI=1S/C59H104N22O21P4/c1-41(2)73-29-43(99-50(33-73)78-15-12-47(60)64-55(78)83)37-96-104(89,69(6)7)75-31-45(101-52(34-75)80-17-14-49(62)66-57(80)85)39-97-106(91,71(10)11)77-32-46(102-53(36-77)81-28-42(3)54(63)67-58(81)86)40-98-105(90,70(8)9)76-30-44(100-51(35-76)79-16-13-48(61)65-56(79)84)38-95-103(88,68(4)5)74-20-18-72(19-21-74)59(87)94-27-26-93-25-24-92-23-22-82/h12-17,28,41,43-46,50-54,82H,18-27,29-40,63H2,1-11H3,(H,67,86)(H2,60,64,83)(H2,61,65,84)(H2,62,66,85). The number of aliphatic hydroxyl groups excluding tert-OH is 1. The first-order chi connectivity index (χ1) is 50.1. The molecule has 0 spiro atoms. The van der Waals surface area contributed by atoms with E-state index >= 15 is 18.3 Å². The summed E-state index contributed by atoms with van der Waals surface area (Å²) in [5.41, 5.74) is 22.3. The van der Waals surface area contributed by atoms with Crippen molar-refractivity contribution in [1.82, 2.24) is 86.0 Å². The Morgan fingerprint density at radius 3 is 1.28 bits per heavy atom. The number of nitrogens with two attached hydrogens (primary N) is 4. The molecule has 9 heterocycles. The maximum Gasteiger partial charge on any atom is 0.409 e. The van der Waals surface area contributed by atoms with Crippen molar-refractivity contribution in [3.8, 4) is 0 Å². The Balaban J connectivity index is 0.942. The summed E-state index contributed by atoms with van der Waals surface area (Å²) >= 11 is 0. The molecule has 13 atom stereocenters. The van der Waals surface area contributed by atoms with Crippen LogP contribution in [0.5, 0.6) is 0 Å². The van der Waals surface area contributed by atoms with Gasteiger partial charge in [0.05, 0.1) is 104 Å². The van der Waals surface area contributed by atoms with Gasteiger partial charge in [0, 0.05) is 89.7 Å². The molecule has 3 aromatic rings. The summed E-state index contributed by atoms with van der Waals surface area (Å²) in [6.45, 7) is 4.58. The fraction of sp³-hybridized carbons (Fsp3) is 0.729. The van der Waals surface area contributed by atoms with Crippen molar-refractivity contribution in [2.75, 3.05) is 218 Å². The molecule has 0 saturated carbocycles. The molecule has 47 heteroatoms. The fourth-order valence-electron chi connectivity index (χ4n) is 12.4. The second kappa shape index (κ2) is 36.9. The number of aromatic nitrogens is 6. The van der Waals surface area contributed by atoms with Gasteiger partial charge in [-0.2, -0.15) is 15.0 Å². The van der Waals surface area contributed by atoms with Gasteiger partial charge in [-0.25, -0.2) is 61.3 Å². The molecule has 13 unspecified atom stereocenters. The minimum atomic E-state index is -4.37. The van der Waals surface area contributed by atoms with Gasteiger partial charge in [0.1, 0.15) is 30.2 Å². The molecule has 596 valence electrons. The molecule has 10 N–H and O–H groups in total. The van der Waals surface area contributed by atoms with Crippen LogP contribution in [0.3, 0.4) is 0 Å². The molecule has 5 fully saturated rings. The van der Waals surface area contributed by atoms with Crippen molar-refractivity contribution in [1.29, 1.82) is 0 Å². The molecule has 106 heavy (non-hydrogen) atoms. The van der Waals surface area contributed by atoms with Crippen LogP contribution in [0.25, 0.3) is 0 Å². The predicted molar refractivity (Wildman–Crippen MR) is 385 cm³/mol. The number of carbonyl (C=O) groups is 2. The van der Waals surface area contributed by atoms with Crippen LogP contribution in [0.4, 0.5) is 27.0 Å². The highest BCUT2D eigenvalue weighted by atomic mass is 31.2. The normalized spacial score (nSPS) is 26.8. The van der Waals surface area contributed by atoms with E-state index in [9.17, 15) is 24.0 Å². The second-order valence-electron chi connectivity index (χ2n) is 26.9. The van der Waals surface area contributed by atoms with Crippen LogP contribution in [0.2, 0.25) is 0 Å². The number of nitrogen functional groups attached to an aromatic ring is 3. The number of morpholine rings is 4. The summed E-state index contributed by atoms with van der Waals surface area (Å²) in [6, 6.07) is 3.60. The molecule has 0 aromatic carbocycles. The van der Waals surface area contributed by atoms with Gasteiger partial charge in [-0.05, 0) is 101 Å². The molecule has 6 aliphatic rings. The Morgan fingerprint density at radius 1 is 0.538 bits per heavy atom. The third-order valence-electron chi connectivity index (χ3n) is 18.2. The number of aliphatic hydroxyl groups is 1. The van der Waals surface area contributed by atoms with Crippen molar-refractivity contribution >= 4 is 60.3 Å². The summed E-state index contributed by atoms with van der Waals surface area (Å²) in [7, 11) is -4.42. The zero-order valence-corrected chi connectivity index (χ0v) is 65.3. The average Bonchev–Trinajstić information content (AvgIpc) is 0.778. The number of nitrogens with zero attached hydrogens (tertiary/aromatic N) is 17. The highest BCUT2D eigenvalue weighted by Gasteiger charge is 2.50. The highest BCUT2D eigenvalue weighted by molar-refractivity contribution is 7.54. The number of carbonyl (C=O) groups excluding carboxylic acids is 2. The molecule has 0 radical (unpaired) electrons. The lowest BCUT2D eigenvalue weighted by atomic mass is 10.2. The van der Waals surface area contributed by atoms with Crippen molar-refractivity contribution in [3.05, 3.63) is 80.0 Å². The van der Waals surface area contributed by atoms with Gasteiger partial charge in [-0.3, -0.25) is 41.8 Å². The quantitative estimate of drug-likeness (QED) is 0.0323. The molecular formula is C59H104N22O21P4. The molecule has 9 rings (SSSR count). The van der Waals surface area contributed by atoms with Crippen molar-refractivity contribution < 1.29 is 84.2 Å². The third kappa shape index (κ3) is 20.5. The van der Waals surface area contributed by atoms with E-state index < -0.39 is 129 Å². The van der Waals surface area contributed by atoms with E-state index in [0.717, 1.165) is 4.57 Å². The van der Waals surface area contributed by atoms with Gasteiger partial charge < -0.3 is 89.5 Å². The summed E-state index contributed by atoms with van der Waals surface area (Å²) in [6.07, 6.45) is -4.30. The first-order valence-corrected chi connectivity index (χ1v) is 40.6. The maximum absolute atomic E-state index is 16.1. The van der Waals surface area contributed by atoms with Crippen LogP contribution >= 0.6 is 30.7 Å². The monoisotopic (exact) mass is 1580 g/mol. The van der Waals surface area contributed by atoms with E-state index in [1.165, 1.54) is 123 Å². The molecule has 5 saturated heterocycles. The zero-order chi connectivity index (χ0) is 77.2. The zero-order valence-electron chi connectivity index (χ0n) is 61.7. The first kappa shape index (κ1) is 84.4. The molecular weight excluding hydrogens is 1480 g/mol. The molecule has 0 bridgehead atoms. The summed E-state index contributed by atoms with van der Waals surface area (Å²) in [5, 5.41) is 11.6. The van der Waals surface area contributed by atoms with E-state index in [1.807, 2.05) is 13.8 Å². The summed E-state index contributed by atoms with van der Waals surface area (Å²) in [4.78, 5) is 83.8. The highest BCUT2D eigenvalue weighted by Crippen LogP contribution is 2.59. The molecule has 6 aliphatic heterocycles. The van der Waals surface area contributed by atoms with E-state index in [-0.39, 0.29) is 142 Å². The molecule has 3 aromatic heterocycles. The summed E-state index contributed by atoms with van der Waals surface area (Å²) < 4.78 is 147. The van der Waals surface area contributed by atoms with E-state index in [4.69, 9.17) is 79.3 Å². The number of nitrogens with one attached hydrogen (secondary N) is 1. The van der Waals surface area contributed by atoms with Crippen molar-refractivity contribution in [3.63, 3.8) is 0 Å². The van der Waals surface area contributed by atoms with Crippen LogP contribution in [0.15, 0.2) is 62.9 Å². The Kier molecular flexibility index (Phi) is 29.4. The molecule has 0 aliphatic carbocycles. The Hall–Kier alpha value is -5.60. The van der Waals surface area contributed by atoms with Crippen LogP contribution in [0, 0.1) is 0 Å². The number of piperazine rings is 1. The smallest absolute Gasteiger partial charge is 0.409 e. The largest absolute Gasteiger partial charge is 0.447 e. The SMILES string of the molecule is CC1=CN(C2CN(P(=O)(OCC3CN(P(=O)(OCC4CN(C(C)C)CC(n5ccc(N)nc5=O)O4)N(C)C)CC(n4ccc(N)nc4=O)O3)N(C)C)CC(COP(=O)(N(C)C)N3CC(COP(=O)(N(C)C)N4CCN(C(=O)OCCOCCOCCO)CC4)OC(n4ccc(N)nc4=O)C3)O2)C(=O)NC1N. The van der Waals surface area contributed by atoms with Crippen molar-refractivity contribution in [2.24, 2.45) is 5.73 Å². The minimum Gasteiger partial charge on any atom is -0.447 e. The summed E-state index contributed by atoms with van der Waals surface area (Å²) in [5.74, 6) is -0.0958. The lowest BCUT2D eigenvalue weighted by Gasteiger charge is -2.47. The van der Waals surface area contributed by atoms with Gasteiger partial charge in [0.2, 0.25) is 0 Å². The molecule has 43 nitrogen and oxygen atoms in total. The number of amides is 3. The van der Waals surface area contributed by atoms with Gasteiger partial charge in [-0.1, -0.05) is 0 Å². The number of ether oxygens (including phenoxy) is 7.